The maximum Gasteiger partial charge on any atom is 0.242 e. The molecule has 14 heavy (non-hydrogen) atoms. The van der Waals surface area contributed by atoms with Crippen molar-refractivity contribution in [1.29, 1.82) is 0 Å². The van der Waals surface area contributed by atoms with Crippen LogP contribution < -0.4 is 10.2 Å². The van der Waals surface area contributed by atoms with E-state index in [0.29, 0.717) is 13.1 Å². The highest BCUT2D eigenvalue weighted by molar-refractivity contribution is 5.95. The second-order valence-corrected chi connectivity index (χ2v) is 3.25. The van der Waals surface area contributed by atoms with Crippen LogP contribution >= 0.6 is 0 Å². The van der Waals surface area contributed by atoms with Gasteiger partial charge in [-0.15, -0.1) is 0 Å². The molecule has 1 saturated heterocycles. The largest absolute Gasteiger partial charge is 0.307 e. The number of carbonyl (C=O) groups is 1. The number of hydrogen-bond acceptors (Lipinski definition) is 4. The molecule has 5 nitrogen and oxygen atoms in total. The summed E-state index contributed by atoms with van der Waals surface area (Å²) in [5.41, 5.74) is 0.933. The van der Waals surface area contributed by atoms with Crippen LogP contribution in [0, 0.1) is 6.92 Å². The molecule has 0 aliphatic carbocycles. The van der Waals surface area contributed by atoms with Crippen LogP contribution in [0.15, 0.2) is 12.5 Å². The fourth-order valence-electron chi connectivity index (χ4n) is 1.51. The Bertz CT molecular complexity index is 352. The van der Waals surface area contributed by atoms with Crippen LogP contribution in [0.1, 0.15) is 5.56 Å². The van der Waals surface area contributed by atoms with Crippen molar-refractivity contribution < 1.29 is 4.79 Å². The molecule has 0 spiro atoms. The number of carbonyl (C=O) groups excluding carboxylic acids is 1. The van der Waals surface area contributed by atoms with E-state index >= 15 is 0 Å². The normalized spacial score (nSPS) is 17.2. The second kappa shape index (κ2) is 3.71. The van der Waals surface area contributed by atoms with E-state index in [-0.39, 0.29) is 5.91 Å². The Morgan fingerprint density at radius 3 is 3.14 bits per heavy atom. The zero-order valence-corrected chi connectivity index (χ0v) is 8.03. The van der Waals surface area contributed by atoms with E-state index in [1.165, 1.54) is 6.33 Å². The molecule has 0 bridgehead atoms. The Morgan fingerprint density at radius 1 is 1.57 bits per heavy atom. The van der Waals surface area contributed by atoms with Gasteiger partial charge in [0, 0.05) is 24.8 Å². The number of rotatable bonds is 1. The predicted octanol–water partition coefficient (Wildman–Crippen LogP) is -0.279. The minimum atomic E-state index is 0.0676. The standard InChI is InChI=1S/C9H12N4O/c1-7-4-11-6-12-9(7)13-3-2-10-5-8(13)14/h4,6,10H,2-3,5H2,1H3. The molecule has 1 aliphatic heterocycles. The molecule has 1 amide bonds. The van der Waals surface area contributed by atoms with E-state index < -0.39 is 0 Å². The summed E-state index contributed by atoms with van der Waals surface area (Å²) in [6.45, 7) is 3.79. The highest BCUT2D eigenvalue weighted by Gasteiger charge is 2.21. The molecule has 2 heterocycles. The Balaban J connectivity index is 2.29. The summed E-state index contributed by atoms with van der Waals surface area (Å²) in [5, 5.41) is 3.02. The number of nitrogens with one attached hydrogen (secondary N) is 1. The van der Waals surface area contributed by atoms with E-state index in [4.69, 9.17) is 0 Å². The molecule has 0 unspecified atom stereocenters. The average Bonchev–Trinajstić information content (AvgIpc) is 2.20. The molecule has 0 atom stereocenters. The van der Waals surface area contributed by atoms with Crippen LogP contribution in [-0.4, -0.2) is 35.5 Å². The fraction of sp³-hybridized carbons (Fsp3) is 0.444. The maximum absolute atomic E-state index is 11.5. The molecule has 1 aromatic heterocycles. The van der Waals surface area contributed by atoms with Crippen molar-refractivity contribution in [2.45, 2.75) is 6.92 Å². The fourth-order valence-corrected chi connectivity index (χ4v) is 1.51. The molecule has 0 saturated carbocycles. The van der Waals surface area contributed by atoms with Gasteiger partial charge in [0.15, 0.2) is 0 Å². The zero-order chi connectivity index (χ0) is 9.97. The molecule has 2 rings (SSSR count). The summed E-state index contributed by atoms with van der Waals surface area (Å²) in [6, 6.07) is 0. The third kappa shape index (κ3) is 1.58. The van der Waals surface area contributed by atoms with Crippen molar-refractivity contribution >= 4 is 11.7 Å². The van der Waals surface area contributed by atoms with Crippen LogP contribution in [0.3, 0.4) is 0 Å². The number of aromatic nitrogens is 2. The van der Waals surface area contributed by atoms with Gasteiger partial charge in [-0.05, 0) is 6.92 Å². The third-order valence-electron chi connectivity index (χ3n) is 2.21. The van der Waals surface area contributed by atoms with Crippen molar-refractivity contribution in [2.75, 3.05) is 24.5 Å². The van der Waals surface area contributed by atoms with E-state index in [1.807, 2.05) is 6.92 Å². The summed E-state index contributed by atoms with van der Waals surface area (Å²) in [5.74, 6) is 0.796. The lowest BCUT2D eigenvalue weighted by atomic mass is 10.3. The first-order valence-electron chi connectivity index (χ1n) is 4.57. The molecule has 5 heteroatoms. The van der Waals surface area contributed by atoms with Crippen molar-refractivity contribution in [3.05, 3.63) is 18.1 Å². The van der Waals surface area contributed by atoms with Gasteiger partial charge in [0.25, 0.3) is 0 Å². The maximum atomic E-state index is 11.5. The van der Waals surface area contributed by atoms with Gasteiger partial charge < -0.3 is 5.32 Å². The van der Waals surface area contributed by atoms with Crippen molar-refractivity contribution in [1.82, 2.24) is 15.3 Å². The van der Waals surface area contributed by atoms with Crippen molar-refractivity contribution in [2.24, 2.45) is 0 Å². The van der Waals surface area contributed by atoms with Gasteiger partial charge in [-0.25, -0.2) is 9.97 Å². The molecule has 0 radical (unpaired) electrons. The van der Waals surface area contributed by atoms with Gasteiger partial charge in [-0.2, -0.15) is 0 Å². The van der Waals surface area contributed by atoms with Crippen LogP contribution in [0.5, 0.6) is 0 Å². The van der Waals surface area contributed by atoms with Gasteiger partial charge in [0.2, 0.25) is 5.91 Å². The first-order valence-corrected chi connectivity index (χ1v) is 4.57. The first kappa shape index (κ1) is 9.08. The lowest BCUT2D eigenvalue weighted by Gasteiger charge is -2.27. The lowest BCUT2D eigenvalue weighted by molar-refractivity contribution is -0.118. The van der Waals surface area contributed by atoms with E-state index in [1.54, 1.807) is 11.1 Å². The molecule has 1 N–H and O–H groups in total. The highest BCUT2D eigenvalue weighted by Crippen LogP contribution is 2.15. The summed E-state index contributed by atoms with van der Waals surface area (Å²) in [7, 11) is 0. The SMILES string of the molecule is Cc1cncnc1N1CCNCC1=O. The monoisotopic (exact) mass is 192 g/mol. The van der Waals surface area contributed by atoms with Crippen molar-refractivity contribution in [3.63, 3.8) is 0 Å². The predicted molar refractivity (Wildman–Crippen MR) is 52.0 cm³/mol. The van der Waals surface area contributed by atoms with Crippen LogP contribution in [-0.2, 0) is 4.79 Å². The van der Waals surface area contributed by atoms with E-state index in [2.05, 4.69) is 15.3 Å². The Kier molecular flexibility index (Phi) is 2.41. The second-order valence-electron chi connectivity index (χ2n) is 3.25. The van der Waals surface area contributed by atoms with E-state index in [0.717, 1.165) is 17.9 Å². The smallest absolute Gasteiger partial charge is 0.242 e. The lowest BCUT2D eigenvalue weighted by Crippen LogP contribution is -2.48. The molecule has 0 aromatic carbocycles. The number of nitrogens with zero attached hydrogens (tertiary/aromatic N) is 3. The molecular weight excluding hydrogens is 180 g/mol. The molecular formula is C9H12N4O. The number of piperazine rings is 1. The van der Waals surface area contributed by atoms with Gasteiger partial charge in [-0.1, -0.05) is 0 Å². The van der Waals surface area contributed by atoms with Gasteiger partial charge >= 0.3 is 0 Å². The summed E-state index contributed by atoms with van der Waals surface area (Å²) >= 11 is 0. The summed E-state index contributed by atoms with van der Waals surface area (Å²) in [6.07, 6.45) is 3.19. The average molecular weight is 192 g/mol. The molecule has 1 aromatic rings. The van der Waals surface area contributed by atoms with Crippen LogP contribution in [0.4, 0.5) is 5.82 Å². The number of aryl methyl sites for hydroxylation is 1. The highest BCUT2D eigenvalue weighted by atomic mass is 16.2. The van der Waals surface area contributed by atoms with Gasteiger partial charge in [-0.3, -0.25) is 9.69 Å². The van der Waals surface area contributed by atoms with Gasteiger partial charge in [0.1, 0.15) is 12.1 Å². The number of hydrogen-bond donors (Lipinski definition) is 1. The Hall–Kier alpha value is -1.49. The Morgan fingerprint density at radius 2 is 2.43 bits per heavy atom. The molecule has 1 fully saturated rings. The minimum Gasteiger partial charge on any atom is -0.307 e. The van der Waals surface area contributed by atoms with E-state index in [9.17, 15) is 4.79 Å². The summed E-state index contributed by atoms with van der Waals surface area (Å²) in [4.78, 5) is 21.3. The number of anilines is 1. The number of amides is 1. The van der Waals surface area contributed by atoms with Crippen LogP contribution in [0.2, 0.25) is 0 Å². The quantitative estimate of drug-likeness (QED) is 0.665. The van der Waals surface area contributed by atoms with Gasteiger partial charge in [0.05, 0.1) is 6.54 Å². The minimum absolute atomic E-state index is 0.0676. The molecule has 74 valence electrons. The first-order chi connectivity index (χ1) is 6.79. The van der Waals surface area contributed by atoms with Crippen LogP contribution in [0.25, 0.3) is 0 Å². The molecule has 1 aliphatic rings. The topological polar surface area (TPSA) is 58.1 Å². The Labute approximate surface area is 82.2 Å². The van der Waals surface area contributed by atoms with Crippen molar-refractivity contribution in [3.8, 4) is 0 Å². The summed E-state index contributed by atoms with van der Waals surface area (Å²) < 4.78 is 0. The third-order valence-corrected chi connectivity index (χ3v) is 2.21. The zero-order valence-electron chi connectivity index (χ0n) is 8.03.